The Bertz CT molecular complexity index is 917. The maximum absolute atomic E-state index is 12.3. The van der Waals surface area contributed by atoms with Gasteiger partial charge in [-0.05, 0) is 41.5 Å². The number of carbonyl (C=O) groups excluding carboxylic acids is 1. The van der Waals surface area contributed by atoms with Crippen molar-refractivity contribution in [3.63, 3.8) is 0 Å². The lowest BCUT2D eigenvalue weighted by molar-refractivity contribution is -0.125. The molecule has 0 aliphatic heterocycles. The lowest BCUT2D eigenvalue weighted by atomic mass is 10.2. The minimum absolute atomic E-state index is 0.111. The van der Waals surface area contributed by atoms with Gasteiger partial charge in [0.15, 0.2) is 11.5 Å². The number of methoxy groups -OCH3 is 1. The maximum atomic E-state index is 12.3. The molecule has 0 unspecified atom stereocenters. The van der Waals surface area contributed by atoms with E-state index in [2.05, 4.69) is 0 Å². The third-order valence-electron chi connectivity index (χ3n) is 4.19. The lowest BCUT2D eigenvalue weighted by Gasteiger charge is -2.17. The van der Waals surface area contributed by atoms with E-state index in [0.717, 1.165) is 11.1 Å². The fourth-order valence-corrected chi connectivity index (χ4v) is 2.68. The van der Waals surface area contributed by atoms with Crippen LogP contribution in [0.1, 0.15) is 16.9 Å². The summed E-state index contributed by atoms with van der Waals surface area (Å²) in [6.07, 6.45) is 4.72. The van der Waals surface area contributed by atoms with Crippen LogP contribution in [0.25, 0.3) is 6.08 Å². The quantitative estimate of drug-likeness (QED) is 0.541. The van der Waals surface area contributed by atoms with Crippen LogP contribution in [0.4, 0.5) is 0 Å². The van der Waals surface area contributed by atoms with E-state index in [1.165, 1.54) is 6.08 Å². The summed E-state index contributed by atoms with van der Waals surface area (Å²) in [5.74, 6) is 1.84. The first-order valence-electron chi connectivity index (χ1n) is 8.96. The SMILES string of the molecule is COc1cc(CN(C)C(=O)/C=C/c2ccco2)ccc1OCc1ccccc1. The zero-order valence-electron chi connectivity index (χ0n) is 16.0. The van der Waals surface area contributed by atoms with Crippen molar-refractivity contribution in [2.75, 3.05) is 14.2 Å². The summed E-state index contributed by atoms with van der Waals surface area (Å²) in [6.45, 7) is 0.920. The molecular weight excluding hydrogens is 354 g/mol. The molecule has 28 heavy (non-hydrogen) atoms. The molecule has 144 valence electrons. The van der Waals surface area contributed by atoms with Crippen molar-refractivity contribution < 1.29 is 18.7 Å². The molecule has 0 aliphatic rings. The molecule has 5 nitrogen and oxygen atoms in total. The smallest absolute Gasteiger partial charge is 0.246 e. The van der Waals surface area contributed by atoms with E-state index in [9.17, 15) is 4.79 Å². The topological polar surface area (TPSA) is 51.9 Å². The van der Waals surface area contributed by atoms with Gasteiger partial charge >= 0.3 is 0 Å². The maximum Gasteiger partial charge on any atom is 0.246 e. The summed E-state index contributed by atoms with van der Waals surface area (Å²) in [6, 6.07) is 19.2. The van der Waals surface area contributed by atoms with Crippen LogP contribution < -0.4 is 9.47 Å². The van der Waals surface area contributed by atoms with Crippen molar-refractivity contribution in [3.8, 4) is 11.5 Å². The predicted octanol–water partition coefficient (Wildman–Crippen LogP) is 4.54. The van der Waals surface area contributed by atoms with Gasteiger partial charge in [-0.25, -0.2) is 0 Å². The molecule has 0 atom stereocenters. The van der Waals surface area contributed by atoms with Gasteiger partial charge in [-0.3, -0.25) is 4.79 Å². The third kappa shape index (κ3) is 5.27. The predicted molar refractivity (Wildman–Crippen MR) is 108 cm³/mol. The highest BCUT2D eigenvalue weighted by Gasteiger charge is 2.10. The molecule has 0 saturated heterocycles. The van der Waals surface area contributed by atoms with Crippen LogP contribution in [-0.2, 0) is 17.9 Å². The molecule has 0 N–H and O–H groups in total. The van der Waals surface area contributed by atoms with Crippen molar-refractivity contribution in [2.45, 2.75) is 13.2 Å². The minimum Gasteiger partial charge on any atom is -0.493 e. The van der Waals surface area contributed by atoms with Crippen LogP contribution in [0, 0.1) is 0 Å². The van der Waals surface area contributed by atoms with E-state index in [1.807, 2.05) is 48.5 Å². The molecule has 0 spiro atoms. The van der Waals surface area contributed by atoms with E-state index in [1.54, 1.807) is 43.5 Å². The number of carbonyl (C=O) groups is 1. The first-order chi connectivity index (χ1) is 13.7. The second-order valence-corrected chi connectivity index (χ2v) is 6.30. The zero-order valence-corrected chi connectivity index (χ0v) is 16.0. The molecular formula is C23H23NO4. The molecule has 3 rings (SSSR count). The summed E-state index contributed by atoms with van der Waals surface area (Å²) in [5.41, 5.74) is 2.04. The van der Waals surface area contributed by atoms with Gasteiger partial charge in [0, 0.05) is 19.7 Å². The van der Waals surface area contributed by atoms with E-state index in [0.29, 0.717) is 30.4 Å². The largest absolute Gasteiger partial charge is 0.493 e. The van der Waals surface area contributed by atoms with Crippen LogP contribution in [-0.4, -0.2) is 25.0 Å². The lowest BCUT2D eigenvalue weighted by Crippen LogP contribution is -2.24. The molecule has 1 aromatic heterocycles. The molecule has 0 aliphatic carbocycles. The number of likely N-dealkylation sites (N-methyl/N-ethyl adjacent to an activating group) is 1. The number of nitrogens with zero attached hydrogens (tertiary/aromatic N) is 1. The number of amides is 1. The number of ether oxygens (including phenoxy) is 2. The summed E-state index contributed by atoms with van der Waals surface area (Å²) >= 11 is 0. The van der Waals surface area contributed by atoms with Crippen LogP contribution in [0.5, 0.6) is 11.5 Å². The van der Waals surface area contributed by atoms with Crippen LogP contribution >= 0.6 is 0 Å². The van der Waals surface area contributed by atoms with E-state index < -0.39 is 0 Å². The Balaban J connectivity index is 1.61. The minimum atomic E-state index is -0.111. The van der Waals surface area contributed by atoms with Gasteiger partial charge in [-0.15, -0.1) is 0 Å². The normalized spacial score (nSPS) is 10.8. The molecule has 0 saturated carbocycles. The second kappa shape index (κ2) is 9.46. The number of rotatable bonds is 8. The fourth-order valence-electron chi connectivity index (χ4n) is 2.68. The van der Waals surface area contributed by atoms with Gasteiger partial charge in [-0.1, -0.05) is 36.4 Å². The van der Waals surface area contributed by atoms with Gasteiger partial charge in [0.05, 0.1) is 13.4 Å². The Kier molecular flexibility index (Phi) is 6.52. The standard InChI is InChI=1S/C23H23NO4/c1-24(23(25)13-11-20-9-6-14-27-20)16-19-10-12-21(22(15-19)26-2)28-17-18-7-4-3-5-8-18/h3-15H,16-17H2,1-2H3/b13-11+. The number of furan rings is 1. The number of hydrogen-bond donors (Lipinski definition) is 0. The Labute approximate surface area is 164 Å². The second-order valence-electron chi connectivity index (χ2n) is 6.30. The van der Waals surface area contributed by atoms with Crippen molar-refractivity contribution >= 4 is 12.0 Å². The van der Waals surface area contributed by atoms with Gasteiger partial charge in [0.1, 0.15) is 12.4 Å². The molecule has 2 aromatic carbocycles. The van der Waals surface area contributed by atoms with Crippen molar-refractivity contribution in [2.24, 2.45) is 0 Å². The van der Waals surface area contributed by atoms with Gasteiger partial charge in [-0.2, -0.15) is 0 Å². The van der Waals surface area contributed by atoms with E-state index in [4.69, 9.17) is 13.9 Å². The molecule has 0 bridgehead atoms. The Hall–Kier alpha value is -3.47. The van der Waals surface area contributed by atoms with Crippen LogP contribution in [0.3, 0.4) is 0 Å². The summed E-state index contributed by atoms with van der Waals surface area (Å²) < 4.78 is 16.5. The molecule has 1 heterocycles. The first kappa shape index (κ1) is 19.3. The van der Waals surface area contributed by atoms with E-state index in [-0.39, 0.29) is 5.91 Å². The Morgan fingerprint density at radius 1 is 1.04 bits per heavy atom. The van der Waals surface area contributed by atoms with Gasteiger partial charge < -0.3 is 18.8 Å². The first-order valence-corrected chi connectivity index (χ1v) is 8.96. The van der Waals surface area contributed by atoms with E-state index >= 15 is 0 Å². The van der Waals surface area contributed by atoms with Crippen LogP contribution in [0.2, 0.25) is 0 Å². The monoisotopic (exact) mass is 377 g/mol. The fraction of sp³-hybridized carbons (Fsp3) is 0.174. The van der Waals surface area contributed by atoms with Gasteiger partial charge in [0.2, 0.25) is 5.91 Å². The van der Waals surface area contributed by atoms with Crippen LogP contribution in [0.15, 0.2) is 77.4 Å². The third-order valence-corrected chi connectivity index (χ3v) is 4.19. The van der Waals surface area contributed by atoms with Crippen molar-refractivity contribution in [1.29, 1.82) is 0 Å². The average molecular weight is 377 g/mol. The summed E-state index contributed by atoms with van der Waals surface area (Å²) in [4.78, 5) is 13.9. The Morgan fingerprint density at radius 2 is 1.86 bits per heavy atom. The summed E-state index contributed by atoms with van der Waals surface area (Å²) in [5, 5.41) is 0. The highest BCUT2D eigenvalue weighted by Crippen LogP contribution is 2.29. The highest BCUT2D eigenvalue weighted by atomic mass is 16.5. The molecule has 0 radical (unpaired) electrons. The Morgan fingerprint density at radius 3 is 2.57 bits per heavy atom. The van der Waals surface area contributed by atoms with Gasteiger partial charge in [0.25, 0.3) is 0 Å². The average Bonchev–Trinajstić information content (AvgIpc) is 3.25. The zero-order chi connectivity index (χ0) is 19.8. The molecule has 3 aromatic rings. The highest BCUT2D eigenvalue weighted by molar-refractivity contribution is 5.91. The van der Waals surface area contributed by atoms with Crippen molar-refractivity contribution in [1.82, 2.24) is 4.90 Å². The number of hydrogen-bond acceptors (Lipinski definition) is 4. The number of benzene rings is 2. The molecule has 5 heteroatoms. The molecule has 0 fully saturated rings. The summed E-state index contributed by atoms with van der Waals surface area (Å²) in [7, 11) is 3.36. The van der Waals surface area contributed by atoms with Crippen molar-refractivity contribution in [3.05, 3.63) is 89.9 Å². The molecule has 1 amide bonds.